The van der Waals surface area contributed by atoms with Gasteiger partial charge in [-0.1, -0.05) is 0 Å². The third-order valence-corrected chi connectivity index (χ3v) is 12.5. The number of nitrogens with zero attached hydrogens (tertiary/aromatic N) is 6. The summed E-state index contributed by atoms with van der Waals surface area (Å²) < 4.78 is 74.2. The number of carbonyl (C=O) groups is 1. The van der Waals surface area contributed by atoms with Gasteiger partial charge in [-0.2, -0.15) is 13.2 Å². The Morgan fingerprint density at radius 2 is 1.82 bits per heavy atom. The number of piperazine rings is 1. The zero-order valence-electron chi connectivity index (χ0n) is 24.2. The van der Waals surface area contributed by atoms with Gasteiger partial charge in [0, 0.05) is 37.9 Å². The van der Waals surface area contributed by atoms with Gasteiger partial charge < -0.3 is 19.9 Å². The summed E-state index contributed by atoms with van der Waals surface area (Å²) in [5.74, 6) is 0.241. The molecule has 2 bridgehead atoms. The molecule has 16 heteroatoms. The highest BCUT2D eigenvalue weighted by molar-refractivity contribution is 7.91. The number of thiophene rings is 1. The molecular weight excluding hydrogens is 631 g/mol. The number of sulfone groups is 1. The maximum Gasteiger partial charge on any atom is 0.420 e. The second kappa shape index (κ2) is 10.3. The molecule has 0 spiro atoms. The summed E-state index contributed by atoms with van der Waals surface area (Å²) in [5.41, 5.74) is 0.0125. The van der Waals surface area contributed by atoms with Crippen molar-refractivity contribution in [3.05, 3.63) is 40.5 Å². The Hall–Kier alpha value is -3.34. The molecule has 4 saturated heterocycles. The Balaban J connectivity index is 1.14. The molecule has 1 saturated carbocycles. The van der Waals surface area contributed by atoms with Crippen LogP contribution in [-0.2, 0) is 20.8 Å². The van der Waals surface area contributed by atoms with Crippen LogP contribution in [0.5, 0.6) is 0 Å². The van der Waals surface area contributed by atoms with Gasteiger partial charge in [0.1, 0.15) is 16.3 Å². The van der Waals surface area contributed by atoms with Crippen LogP contribution in [0.15, 0.2) is 29.4 Å². The Kier molecular flexibility index (Phi) is 6.68. The molecule has 8 heterocycles. The van der Waals surface area contributed by atoms with Gasteiger partial charge in [0.2, 0.25) is 5.95 Å². The lowest BCUT2D eigenvalue weighted by Gasteiger charge is -2.55. The quantitative estimate of drug-likeness (QED) is 0.418. The molecule has 238 valence electrons. The number of likely N-dealkylation sites (N-methyl/N-ethyl adjacent to an activating group) is 1. The van der Waals surface area contributed by atoms with E-state index in [1.807, 2.05) is 0 Å². The minimum atomic E-state index is -4.82. The number of pyridine rings is 1. The van der Waals surface area contributed by atoms with E-state index in [1.165, 1.54) is 11.3 Å². The summed E-state index contributed by atoms with van der Waals surface area (Å²) in [6, 6.07) is 3.95. The van der Waals surface area contributed by atoms with Crippen molar-refractivity contribution >= 4 is 44.5 Å². The van der Waals surface area contributed by atoms with Crippen LogP contribution >= 0.6 is 11.3 Å². The molecule has 5 aliphatic heterocycles. The number of anilines is 3. The van der Waals surface area contributed by atoms with Gasteiger partial charge >= 0.3 is 6.18 Å². The van der Waals surface area contributed by atoms with Crippen molar-refractivity contribution in [1.82, 2.24) is 24.8 Å². The van der Waals surface area contributed by atoms with Crippen LogP contribution < -0.4 is 10.2 Å². The molecule has 1 aliphatic carbocycles. The van der Waals surface area contributed by atoms with Gasteiger partial charge in [0.15, 0.2) is 9.84 Å². The molecule has 6 aliphatic rings. The normalized spacial score (nSPS) is 24.9. The number of alkyl halides is 3. The molecule has 11 nitrogen and oxygen atoms in total. The van der Waals surface area contributed by atoms with Gasteiger partial charge in [-0.3, -0.25) is 9.69 Å². The smallest absolute Gasteiger partial charge is 0.377 e. The number of hydrogen-bond donors (Lipinski definition) is 1. The largest absolute Gasteiger partial charge is 0.420 e. The second-order valence-corrected chi connectivity index (χ2v) is 15.5. The summed E-state index contributed by atoms with van der Waals surface area (Å²) in [6.07, 6.45) is 0.747. The highest BCUT2D eigenvalue weighted by Crippen LogP contribution is 2.46. The third kappa shape index (κ3) is 5.05. The first-order valence-electron chi connectivity index (χ1n) is 14.9. The van der Waals surface area contributed by atoms with E-state index in [0.29, 0.717) is 41.2 Å². The number of halogens is 3. The highest BCUT2D eigenvalue weighted by atomic mass is 32.2. The zero-order chi connectivity index (χ0) is 31.2. The van der Waals surface area contributed by atoms with Gasteiger partial charge in [-0.15, -0.1) is 11.3 Å². The first-order chi connectivity index (χ1) is 21.5. The summed E-state index contributed by atoms with van der Waals surface area (Å²) in [7, 11) is -1.78. The van der Waals surface area contributed by atoms with E-state index in [2.05, 4.69) is 38.2 Å². The predicted molar refractivity (Wildman–Crippen MR) is 160 cm³/mol. The minimum absolute atomic E-state index is 0.00652. The Morgan fingerprint density at radius 1 is 1.07 bits per heavy atom. The predicted octanol–water partition coefficient (Wildman–Crippen LogP) is 3.76. The van der Waals surface area contributed by atoms with Gasteiger partial charge in [0.05, 0.1) is 52.4 Å². The number of amides is 1. The average Bonchev–Trinajstić information content (AvgIpc) is 3.74. The Morgan fingerprint density at radius 3 is 2.47 bits per heavy atom. The van der Waals surface area contributed by atoms with Crippen molar-refractivity contribution in [2.75, 3.05) is 55.9 Å². The van der Waals surface area contributed by atoms with E-state index in [1.54, 1.807) is 6.20 Å². The number of nitrogens with one attached hydrogen (secondary N) is 1. The van der Waals surface area contributed by atoms with Gasteiger partial charge in [-0.25, -0.2) is 23.4 Å². The van der Waals surface area contributed by atoms with E-state index in [9.17, 15) is 26.4 Å². The van der Waals surface area contributed by atoms with Crippen LogP contribution in [0, 0.1) is 0 Å². The molecule has 0 aromatic carbocycles. The molecule has 2 unspecified atom stereocenters. The molecule has 3 aromatic heterocycles. The molecule has 1 amide bonds. The zero-order valence-corrected chi connectivity index (χ0v) is 25.9. The first kappa shape index (κ1) is 29.1. The first-order valence-corrected chi connectivity index (χ1v) is 17.4. The molecule has 2 atom stereocenters. The van der Waals surface area contributed by atoms with Crippen molar-refractivity contribution in [3.63, 3.8) is 0 Å². The highest BCUT2D eigenvalue weighted by Gasteiger charge is 2.43. The van der Waals surface area contributed by atoms with Crippen LogP contribution in [0.25, 0.3) is 10.6 Å². The standard InChI is InChI=1S/C29H30F3N7O4S2/c1-37-16-6-17(37)12-38(11-16)24-7-19(15-2-3-15)21(10-33-24)35-28-34-9-20(29(30,31)32)25(36-28)22-8-23-26(44-22)27(40)39(18-13-43-14-18)4-5-45(23,41)42/h7-10,15-18H,2-6,11-14H2,1H3,(H,34,35,36). The van der Waals surface area contributed by atoms with Crippen molar-refractivity contribution in [2.45, 2.75) is 54.4 Å². The van der Waals surface area contributed by atoms with Crippen LogP contribution in [0.1, 0.15) is 46.0 Å². The fourth-order valence-electron chi connectivity index (χ4n) is 6.59. The third-order valence-electron chi connectivity index (χ3n) is 9.55. The second-order valence-electron chi connectivity index (χ2n) is 12.4. The van der Waals surface area contributed by atoms with Gasteiger partial charge in [-0.05, 0) is 49.9 Å². The summed E-state index contributed by atoms with van der Waals surface area (Å²) in [6.45, 7) is 2.36. The van der Waals surface area contributed by atoms with E-state index in [-0.39, 0.29) is 52.2 Å². The fraction of sp³-hybridized carbons (Fsp3) is 0.517. The van der Waals surface area contributed by atoms with Crippen molar-refractivity contribution in [3.8, 4) is 10.6 Å². The van der Waals surface area contributed by atoms with E-state index in [4.69, 9.17) is 9.72 Å². The number of aromatic nitrogens is 3. The number of hydrogen-bond acceptors (Lipinski definition) is 11. The topological polar surface area (TPSA) is 121 Å². The van der Waals surface area contributed by atoms with Crippen molar-refractivity contribution < 1.29 is 31.1 Å². The monoisotopic (exact) mass is 661 g/mol. The summed E-state index contributed by atoms with van der Waals surface area (Å²) >= 11 is 0.702. The van der Waals surface area contributed by atoms with E-state index in [0.717, 1.165) is 43.4 Å². The van der Waals surface area contributed by atoms with Crippen LogP contribution in [0.4, 0.5) is 30.6 Å². The van der Waals surface area contributed by atoms with Gasteiger partial charge in [0.25, 0.3) is 5.91 Å². The van der Waals surface area contributed by atoms with Crippen LogP contribution in [0.2, 0.25) is 0 Å². The number of piperidine rings is 1. The lowest BCUT2D eigenvalue weighted by molar-refractivity contribution is -0.137. The molecule has 0 radical (unpaired) electrons. The maximum atomic E-state index is 14.2. The van der Waals surface area contributed by atoms with Crippen LogP contribution in [-0.4, -0.2) is 103 Å². The molecular formula is C29H30F3N7O4S2. The fourth-order valence-corrected chi connectivity index (χ4v) is 9.51. The SMILES string of the molecule is CN1C2CC1CN(c1cc(C3CC3)c(Nc3ncc(C(F)(F)F)c(-c4cc5c(s4)C(=O)N(C4COC4)CCS5(=O)=O)n3)cn1)C2. The van der Waals surface area contributed by atoms with Crippen LogP contribution in [0.3, 0.4) is 0 Å². The Bertz CT molecular complexity index is 1800. The summed E-state index contributed by atoms with van der Waals surface area (Å²) in [5, 5.41) is 3.09. The number of ether oxygens (including phenoxy) is 1. The lowest BCUT2D eigenvalue weighted by Crippen LogP contribution is -2.67. The minimum Gasteiger partial charge on any atom is -0.377 e. The molecule has 1 N–H and O–H groups in total. The summed E-state index contributed by atoms with van der Waals surface area (Å²) in [4.78, 5) is 32.0. The molecule has 3 aromatic rings. The average molecular weight is 662 g/mol. The number of carbonyl (C=O) groups excluding carboxylic acids is 1. The number of fused-ring (bicyclic) bond motifs is 3. The number of rotatable bonds is 6. The lowest BCUT2D eigenvalue weighted by atomic mass is 9.88. The Labute approximate surface area is 261 Å². The van der Waals surface area contributed by atoms with E-state index >= 15 is 0 Å². The maximum absolute atomic E-state index is 14.2. The molecule has 5 fully saturated rings. The molecule has 45 heavy (non-hydrogen) atoms. The van der Waals surface area contributed by atoms with E-state index < -0.39 is 33.2 Å². The molecule has 9 rings (SSSR count). The van der Waals surface area contributed by atoms with Crippen molar-refractivity contribution in [1.29, 1.82) is 0 Å². The van der Waals surface area contributed by atoms with Crippen molar-refractivity contribution in [2.24, 2.45) is 0 Å².